The number of carbonyl (C=O) groups is 1. The van der Waals surface area contributed by atoms with Gasteiger partial charge in [0.15, 0.2) is 0 Å². The molecular formula is C14H22N4O. The van der Waals surface area contributed by atoms with Crippen molar-refractivity contribution in [1.82, 2.24) is 4.98 Å². The van der Waals surface area contributed by atoms with Gasteiger partial charge in [-0.2, -0.15) is 0 Å². The Morgan fingerprint density at radius 1 is 1.32 bits per heavy atom. The topological polar surface area (TPSA) is 94.0 Å². The summed E-state index contributed by atoms with van der Waals surface area (Å²) in [6, 6.07) is 2.51. The van der Waals surface area contributed by atoms with Gasteiger partial charge in [-0.3, -0.25) is 4.79 Å². The monoisotopic (exact) mass is 262 g/mol. The molecule has 104 valence electrons. The number of carbonyl (C=O) groups excluding carboxylic acids is 1. The molecule has 5 heteroatoms. The molecule has 0 spiro atoms. The molecule has 5 N–H and O–H groups in total. The summed E-state index contributed by atoms with van der Waals surface area (Å²) in [5, 5.41) is 3.37. The van der Waals surface area contributed by atoms with E-state index < -0.39 is 5.91 Å². The third-order valence-electron chi connectivity index (χ3n) is 3.70. The number of aromatic nitrogens is 1. The number of primary amides is 1. The van der Waals surface area contributed by atoms with Crippen LogP contribution in [0.1, 0.15) is 47.3 Å². The summed E-state index contributed by atoms with van der Waals surface area (Å²) in [6.07, 6.45) is 4.03. The van der Waals surface area contributed by atoms with Crippen molar-refractivity contribution in [2.24, 2.45) is 11.5 Å². The molecule has 2 rings (SSSR count). The van der Waals surface area contributed by atoms with Gasteiger partial charge in [-0.1, -0.05) is 0 Å². The SMILES string of the molecule is Cc1cc(C)c(C(N)=O)c(NC2CCC(N)CC2)n1. The van der Waals surface area contributed by atoms with E-state index >= 15 is 0 Å². The maximum absolute atomic E-state index is 11.6. The van der Waals surface area contributed by atoms with E-state index in [0.29, 0.717) is 23.5 Å². The zero-order valence-corrected chi connectivity index (χ0v) is 11.6. The molecule has 5 nitrogen and oxygen atoms in total. The highest BCUT2D eigenvalue weighted by Crippen LogP contribution is 2.24. The van der Waals surface area contributed by atoms with Crippen molar-refractivity contribution in [2.45, 2.75) is 51.6 Å². The predicted molar refractivity (Wildman–Crippen MR) is 76.1 cm³/mol. The van der Waals surface area contributed by atoms with Crippen LogP contribution in [-0.2, 0) is 0 Å². The van der Waals surface area contributed by atoms with Crippen LogP contribution in [0.2, 0.25) is 0 Å². The average Bonchev–Trinajstić information content (AvgIpc) is 2.30. The number of hydrogen-bond acceptors (Lipinski definition) is 4. The summed E-state index contributed by atoms with van der Waals surface area (Å²) < 4.78 is 0. The molecule has 0 aliphatic heterocycles. The Kier molecular flexibility index (Phi) is 4.04. The molecular weight excluding hydrogens is 240 g/mol. The zero-order chi connectivity index (χ0) is 14.0. The summed E-state index contributed by atoms with van der Waals surface area (Å²) in [7, 11) is 0. The van der Waals surface area contributed by atoms with Crippen LogP contribution in [0.3, 0.4) is 0 Å². The summed E-state index contributed by atoms with van der Waals surface area (Å²) in [4.78, 5) is 16.0. The maximum Gasteiger partial charge on any atom is 0.252 e. The molecule has 0 unspecified atom stereocenters. The van der Waals surface area contributed by atoms with E-state index in [2.05, 4.69) is 10.3 Å². The fourth-order valence-corrected chi connectivity index (χ4v) is 2.71. The van der Waals surface area contributed by atoms with Crippen LogP contribution in [0, 0.1) is 13.8 Å². The lowest BCUT2D eigenvalue weighted by atomic mass is 9.91. The third kappa shape index (κ3) is 3.23. The minimum Gasteiger partial charge on any atom is -0.367 e. The van der Waals surface area contributed by atoms with Gasteiger partial charge in [0.05, 0.1) is 5.56 Å². The van der Waals surface area contributed by atoms with Crippen molar-refractivity contribution in [2.75, 3.05) is 5.32 Å². The van der Waals surface area contributed by atoms with Gasteiger partial charge >= 0.3 is 0 Å². The summed E-state index contributed by atoms with van der Waals surface area (Å²) >= 11 is 0. The number of nitrogens with two attached hydrogens (primary N) is 2. The lowest BCUT2D eigenvalue weighted by Gasteiger charge is -2.28. The van der Waals surface area contributed by atoms with Crippen molar-refractivity contribution in [3.8, 4) is 0 Å². The lowest BCUT2D eigenvalue weighted by molar-refractivity contribution is 0.1000. The number of aryl methyl sites for hydroxylation is 2. The summed E-state index contributed by atoms with van der Waals surface area (Å²) in [5.41, 5.74) is 13.6. The molecule has 0 aromatic carbocycles. The predicted octanol–water partition coefficient (Wildman–Crippen LogP) is 1.48. The molecule has 0 atom stereocenters. The Morgan fingerprint density at radius 2 is 1.95 bits per heavy atom. The van der Waals surface area contributed by atoms with Crippen LogP contribution in [0.4, 0.5) is 5.82 Å². The lowest BCUT2D eigenvalue weighted by Crippen LogP contribution is -2.33. The van der Waals surface area contributed by atoms with E-state index in [1.807, 2.05) is 19.9 Å². The molecule has 19 heavy (non-hydrogen) atoms. The quantitative estimate of drug-likeness (QED) is 0.769. The molecule has 1 amide bonds. The maximum atomic E-state index is 11.6. The van der Waals surface area contributed by atoms with E-state index in [4.69, 9.17) is 11.5 Å². The van der Waals surface area contributed by atoms with Crippen molar-refractivity contribution in [3.05, 3.63) is 22.9 Å². The first-order chi connectivity index (χ1) is 8.97. The molecule has 0 bridgehead atoms. The summed E-state index contributed by atoms with van der Waals surface area (Å²) in [6.45, 7) is 3.80. The molecule has 1 aliphatic carbocycles. The van der Waals surface area contributed by atoms with Gasteiger partial charge in [-0.05, 0) is 51.2 Å². The van der Waals surface area contributed by atoms with E-state index in [-0.39, 0.29) is 0 Å². The first kappa shape index (κ1) is 13.8. The van der Waals surface area contributed by atoms with Gasteiger partial charge in [0.1, 0.15) is 5.82 Å². The number of nitrogens with one attached hydrogen (secondary N) is 1. The Bertz CT molecular complexity index is 479. The van der Waals surface area contributed by atoms with E-state index in [1.54, 1.807) is 0 Å². The number of pyridine rings is 1. The molecule has 1 aromatic rings. The molecule has 1 aliphatic rings. The minimum absolute atomic E-state index is 0.306. The van der Waals surface area contributed by atoms with E-state index in [0.717, 1.165) is 36.9 Å². The Labute approximate surface area is 113 Å². The fourth-order valence-electron chi connectivity index (χ4n) is 2.71. The normalized spacial score (nSPS) is 23.1. The fraction of sp³-hybridized carbons (Fsp3) is 0.571. The van der Waals surface area contributed by atoms with Gasteiger partial charge in [-0.25, -0.2) is 4.98 Å². The molecule has 1 heterocycles. The largest absolute Gasteiger partial charge is 0.367 e. The smallest absolute Gasteiger partial charge is 0.252 e. The van der Waals surface area contributed by atoms with Gasteiger partial charge in [0, 0.05) is 17.8 Å². The standard InChI is InChI=1S/C14H22N4O/c1-8-7-9(2)17-14(12(8)13(16)19)18-11-5-3-10(15)4-6-11/h7,10-11H,3-6,15H2,1-2H3,(H2,16,19)(H,17,18). The van der Waals surface area contributed by atoms with Crippen LogP contribution in [0.25, 0.3) is 0 Å². The van der Waals surface area contributed by atoms with E-state index in [1.165, 1.54) is 0 Å². The second-order valence-electron chi connectivity index (χ2n) is 5.42. The van der Waals surface area contributed by atoms with Crippen molar-refractivity contribution in [3.63, 3.8) is 0 Å². The Hall–Kier alpha value is -1.62. The summed E-state index contributed by atoms with van der Waals surface area (Å²) in [5.74, 6) is 0.186. The molecule has 0 radical (unpaired) electrons. The van der Waals surface area contributed by atoms with Crippen molar-refractivity contribution >= 4 is 11.7 Å². The van der Waals surface area contributed by atoms with Gasteiger partial charge in [0.2, 0.25) is 0 Å². The Morgan fingerprint density at radius 3 is 2.53 bits per heavy atom. The second-order valence-corrected chi connectivity index (χ2v) is 5.42. The first-order valence-corrected chi connectivity index (χ1v) is 6.77. The number of rotatable bonds is 3. The third-order valence-corrected chi connectivity index (χ3v) is 3.70. The Balaban J connectivity index is 2.21. The van der Waals surface area contributed by atoms with Crippen LogP contribution in [0.5, 0.6) is 0 Å². The number of hydrogen-bond donors (Lipinski definition) is 3. The van der Waals surface area contributed by atoms with Crippen LogP contribution >= 0.6 is 0 Å². The van der Waals surface area contributed by atoms with Gasteiger partial charge in [-0.15, -0.1) is 0 Å². The highest BCUT2D eigenvalue weighted by Gasteiger charge is 2.21. The molecule has 1 saturated carbocycles. The highest BCUT2D eigenvalue weighted by atomic mass is 16.1. The van der Waals surface area contributed by atoms with Gasteiger partial charge < -0.3 is 16.8 Å². The zero-order valence-electron chi connectivity index (χ0n) is 11.6. The highest BCUT2D eigenvalue weighted by molar-refractivity contribution is 5.99. The molecule has 1 aromatic heterocycles. The van der Waals surface area contributed by atoms with Crippen LogP contribution in [-0.4, -0.2) is 23.0 Å². The van der Waals surface area contributed by atoms with Crippen molar-refractivity contribution < 1.29 is 4.79 Å². The molecule has 0 saturated heterocycles. The van der Waals surface area contributed by atoms with Crippen molar-refractivity contribution in [1.29, 1.82) is 0 Å². The van der Waals surface area contributed by atoms with E-state index in [9.17, 15) is 4.79 Å². The van der Waals surface area contributed by atoms with Crippen LogP contribution in [0.15, 0.2) is 6.07 Å². The molecule has 1 fully saturated rings. The minimum atomic E-state index is -0.431. The first-order valence-electron chi connectivity index (χ1n) is 6.77. The van der Waals surface area contributed by atoms with Gasteiger partial charge in [0.25, 0.3) is 5.91 Å². The second kappa shape index (κ2) is 5.57. The number of nitrogens with zero attached hydrogens (tertiary/aromatic N) is 1. The van der Waals surface area contributed by atoms with Crippen LogP contribution < -0.4 is 16.8 Å². The average molecular weight is 262 g/mol. The number of amides is 1. The number of anilines is 1.